The first-order valence-electron chi connectivity index (χ1n) is 6.92. The van der Waals surface area contributed by atoms with Crippen LogP contribution in [-0.2, 0) is 4.79 Å². The molecule has 3 nitrogen and oxygen atoms in total. The highest BCUT2D eigenvalue weighted by molar-refractivity contribution is 6.30. The van der Waals surface area contributed by atoms with Gasteiger partial charge in [-0.15, -0.1) is 12.4 Å². The highest BCUT2D eigenvalue weighted by atomic mass is 35.5. The molecule has 1 saturated heterocycles. The minimum absolute atomic E-state index is 0. The molecule has 0 spiro atoms. The zero-order valence-electron chi connectivity index (χ0n) is 11.8. The summed E-state index contributed by atoms with van der Waals surface area (Å²) in [5, 5.41) is 3.70. The molecule has 1 fully saturated rings. The van der Waals surface area contributed by atoms with Crippen LogP contribution in [0.3, 0.4) is 0 Å². The molecule has 20 heavy (non-hydrogen) atoms. The van der Waals surface area contributed by atoms with Crippen LogP contribution in [0.15, 0.2) is 24.3 Å². The van der Waals surface area contributed by atoms with Gasteiger partial charge >= 0.3 is 0 Å². The lowest BCUT2D eigenvalue weighted by Crippen LogP contribution is -2.39. The summed E-state index contributed by atoms with van der Waals surface area (Å²) in [6.07, 6.45) is 4.51. The fraction of sp³-hybridized carbons (Fsp3) is 0.533. The number of carbonyl (C=O) groups excluding carboxylic acids is 1. The summed E-state index contributed by atoms with van der Waals surface area (Å²) in [5.41, 5.74) is 1.19. The van der Waals surface area contributed by atoms with Crippen LogP contribution in [0.25, 0.3) is 0 Å². The first kappa shape index (κ1) is 17.3. The lowest BCUT2D eigenvalue weighted by molar-refractivity contribution is -0.132. The van der Waals surface area contributed by atoms with E-state index in [9.17, 15) is 4.79 Å². The van der Waals surface area contributed by atoms with Crippen molar-refractivity contribution in [1.29, 1.82) is 0 Å². The van der Waals surface area contributed by atoms with E-state index in [-0.39, 0.29) is 24.4 Å². The molecule has 1 aliphatic rings. The van der Waals surface area contributed by atoms with Crippen molar-refractivity contribution in [2.24, 2.45) is 0 Å². The van der Waals surface area contributed by atoms with E-state index >= 15 is 0 Å². The molecule has 2 rings (SSSR count). The molecule has 1 heterocycles. The van der Waals surface area contributed by atoms with E-state index in [1.54, 1.807) is 0 Å². The number of nitrogens with one attached hydrogen (secondary N) is 1. The Labute approximate surface area is 132 Å². The Hall–Kier alpha value is -0.770. The summed E-state index contributed by atoms with van der Waals surface area (Å²) in [7, 11) is 1.81. The maximum Gasteiger partial charge on any atom is 0.237 e. The number of halogens is 2. The zero-order valence-corrected chi connectivity index (χ0v) is 13.3. The van der Waals surface area contributed by atoms with Crippen LogP contribution in [0, 0.1) is 0 Å². The van der Waals surface area contributed by atoms with E-state index in [4.69, 9.17) is 11.6 Å². The van der Waals surface area contributed by atoms with Gasteiger partial charge < -0.3 is 10.2 Å². The first-order valence-corrected chi connectivity index (χ1v) is 7.29. The van der Waals surface area contributed by atoms with Crippen molar-refractivity contribution >= 4 is 29.9 Å². The number of benzene rings is 1. The molecule has 1 atom stereocenters. The quantitative estimate of drug-likeness (QED) is 0.926. The van der Waals surface area contributed by atoms with Gasteiger partial charge in [-0.25, -0.2) is 0 Å². The molecule has 1 aromatic carbocycles. The van der Waals surface area contributed by atoms with Crippen molar-refractivity contribution in [2.45, 2.75) is 31.7 Å². The molecule has 0 aliphatic carbocycles. The van der Waals surface area contributed by atoms with Crippen LogP contribution in [0.1, 0.15) is 37.3 Å². The molecule has 0 aromatic heterocycles. The van der Waals surface area contributed by atoms with E-state index < -0.39 is 0 Å². The van der Waals surface area contributed by atoms with Gasteiger partial charge in [0, 0.05) is 11.6 Å². The molecule has 1 amide bonds. The summed E-state index contributed by atoms with van der Waals surface area (Å²) >= 11 is 5.94. The second-order valence-corrected chi connectivity index (χ2v) is 5.47. The number of amides is 1. The number of likely N-dealkylation sites (N-methyl/N-ethyl adjacent to an activating group) is 1. The van der Waals surface area contributed by atoms with Gasteiger partial charge in [-0.2, -0.15) is 0 Å². The van der Waals surface area contributed by atoms with Gasteiger partial charge in [0.25, 0.3) is 0 Å². The highest BCUT2D eigenvalue weighted by Crippen LogP contribution is 2.30. The Balaban J connectivity index is 0.00000200. The van der Waals surface area contributed by atoms with Crippen molar-refractivity contribution in [3.63, 3.8) is 0 Å². The maximum atomic E-state index is 12.2. The number of nitrogens with zero attached hydrogens (tertiary/aromatic N) is 1. The Kier molecular flexibility index (Phi) is 7.35. The molecular formula is C15H22Cl2N2O. The molecule has 0 bridgehead atoms. The smallest absolute Gasteiger partial charge is 0.237 e. The minimum Gasteiger partial charge on any atom is -0.335 e. The average Bonchev–Trinajstić information content (AvgIpc) is 2.65. The van der Waals surface area contributed by atoms with Crippen molar-refractivity contribution in [3.05, 3.63) is 34.9 Å². The Morgan fingerprint density at radius 1 is 1.30 bits per heavy atom. The molecular weight excluding hydrogens is 295 g/mol. The molecule has 0 saturated carbocycles. The normalized spacial score (nSPS) is 19.1. The van der Waals surface area contributed by atoms with E-state index in [1.807, 2.05) is 36.2 Å². The second kappa shape index (κ2) is 8.50. The number of hydrogen-bond donors (Lipinski definition) is 1. The van der Waals surface area contributed by atoms with Gasteiger partial charge in [-0.05, 0) is 37.6 Å². The molecule has 1 unspecified atom stereocenters. The van der Waals surface area contributed by atoms with Gasteiger partial charge in [-0.3, -0.25) is 4.79 Å². The van der Waals surface area contributed by atoms with Gasteiger partial charge in [0.05, 0.1) is 12.6 Å². The van der Waals surface area contributed by atoms with Gasteiger partial charge in [0.2, 0.25) is 5.91 Å². The largest absolute Gasteiger partial charge is 0.335 e. The number of hydrogen-bond acceptors (Lipinski definition) is 2. The third-order valence-corrected chi connectivity index (χ3v) is 3.91. The van der Waals surface area contributed by atoms with Crippen LogP contribution in [0.4, 0.5) is 0 Å². The lowest BCUT2D eigenvalue weighted by atomic mass is 10.0. The van der Waals surface area contributed by atoms with E-state index in [0.717, 1.165) is 24.4 Å². The summed E-state index contributed by atoms with van der Waals surface area (Å²) < 4.78 is 0. The molecule has 1 aromatic rings. The fourth-order valence-corrected chi connectivity index (χ4v) is 2.82. The third kappa shape index (κ3) is 4.37. The number of likely N-dealkylation sites (tertiary alicyclic amines) is 1. The molecule has 0 radical (unpaired) electrons. The van der Waals surface area contributed by atoms with Gasteiger partial charge in [-0.1, -0.05) is 36.6 Å². The maximum absolute atomic E-state index is 12.2. The molecule has 1 aliphatic heterocycles. The number of rotatable bonds is 3. The van der Waals surface area contributed by atoms with E-state index in [1.165, 1.54) is 18.4 Å². The number of carbonyl (C=O) groups is 1. The van der Waals surface area contributed by atoms with Crippen LogP contribution in [0.5, 0.6) is 0 Å². The molecule has 112 valence electrons. The van der Waals surface area contributed by atoms with Crippen molar-refractivity contribution in [2.75, 3.05) is 20.1 Å². The van der Waals surface area contributed by atoms with Crippen molar-refractivity contribution < 1.29 is 4.79 Å². The topological polar surface area (TPSA) is 32.3 Å². The molecule has 5 heteroatoms. The predicted octanol–water partition coefficient (Wildman–Crippen LogP) is 3.42. The summed E-state index contributed by atoms with van der Waals surface area (Å²) in [5.74, 6) is 0.185. The SMILES string of the molecule is CNCC(=O)N1CCCCCC1c1ccc(Cl)cc1.Cl. The summed E-state index contributed by atoms with van der Waals surface area (Å²) in [4.78, 5) is 14.3. The summed E-state index contributed by atoms with van der Waals surface area (Å²) in [6.45, 7) is 1.26. The van der Waals surface area contributed by atoms with Crippen LogP contribution >= 0.6 is 24.0 Å². The highest BCUT2D eigenvalue weighted by Gasteiger charge is 2.25. The van der Waals surface area contributed by atoms with Crippen molar-refractivity contribution in [1.82, 2.24) is 10.2 Å². The van der Waals surface area contributed by atoms with Gasteiger partial charge in [0.15, 0.2) is 0 Å². The van der Waals surface area contributed by atoms with Crippen molar-refractivity contribution in [3.8, 4) is 0 Å². The summed E-state index contributed by atoms with van der Waals surface area (Å²) in [6, 6.07) is 8.08. The molecule has 1 N–H and O–H groups in total. The van der Waals surface area contributed by atoms with E-state index in [0.29, 0.717) is 6.54 Å². The van der Waals surface area contributed by atoms with Crippen LogP contribution in [0.2, 0.25) is 5.02 Å². The lowest BCUT2D eigenvalue weighted by Gasteiger charge is -2.30. The zero-order chi connectivity index (χ0) is 13.7. The Morgan fingerprint density at radius 3 is 2.65 bits per heavy atom. The van der Waals surface area contributed by atoms with Crippen LogP contribution < -0.4 is 5.32 Å². The predicted molar refractivity (Wildman–Crippen MR) is 85.5 cm³/mol. The monoisotopic (exact) mass is 316 g/mol. The standard InChI is InChI=1S/C15H21ClN2O.ClH/c1-17-11-15(19)18-10-4-2-3-5-14(18)12-6-8-13(16)9-7-12;/h6-9,14,17H,2-5,10-11H2,1H3;1H. The average molecular weight is 317 g/mol. The van der Waals surface area contributed by atoms with Crippen LogP contribution in [-0.4, -0.2) is 30.9 Å². The first-order chi connectivity index (χ1) is 9.22. The minimum atomic E-state index is 0. The Morgan fingerprint density at radius 2 is 2.00 bits per heavy atom. The fourth-order valence-electron chi connectivity index (χ4n) is 2.69. The second-order valence-electron chi connectivity index (χ2n) is 5.03. The third-order valence-electron chi connectivity index (χ3n) is 3.66. The van der Waals surface area contributed by atoms with E-state index in [2.05, 4.69) is 5.32 Å². The Bertz CT molecular complexity index is 422. The van der Waals surface area contributed by atoms with Gasteiger partial charge in [0.1, 0.15) is 0 Å².